The third-order valence-electron chi connectivity index (χ3n) is 6.16. The predicted octanol–water partition coefficient (Wildman–Crippen LogP) is 2.07. The summed E-state index contributed by atoms with van der Waals surface area (Å²) in [5, 5.41) is 4.72. The summed E-state index contributed by atoms with van der Waals surface area (Å²) < 4.78 is 42.3. The highest BCUT2D eigenvalue weighted by Gasteiger charge is 2.46. The second-order valence-electron chi connectivity index (χ2n) is 8.51. The third kappa shape index (κ3) is 4.47. The molecule has 4 aromatic heterocycles. The molecule has 5 heterocycles. The molecule has 0 aliphatic carbocycles. The van der Waals surface area contributed by atoms with Crippen LogP contribution in [0.1, 0.15) is 25.8 Å². The number of halogens is 3. The molecule has 1 saturated heterocycles. The molecule has 0 aromatic carbocycles. The Morgan fingerprint density at radius 1 is 1.24 bits per heavy atom. The molecule has 194 valence electrons. The van der Waals surface area contributed by atoms with Gasteiger partial charge in [0.05, 0.1) is 6.33 Å². The van der Waals surface area contributed by atoms with Crippen molar-refractivity contribution in [3.63, 3.8) is 0 Å². The van der Waals surface area contributed by atoms with Gasteiger partial charge in [-0.3, -0.25) is 19.1 Å². The standard InChI is InChI=1S/C21H20F3N9O3S/c1-10(33-9-27-15-14(33)17(35)30-20(36)31(15)2)16(34)28-13-8-37-18(29-13)11-6-25-19(26-7-11)32-5-3-4-12(32)21(22,23)24/h6-10,12H,3-5H2,1-2H3,(H,28,34)(H,30,35,36)/t10-,12+/m0/s1. The Kier molecular flexibility index (Phi) is 6.05. The van der Waals surface area contributed by atoms with Crippen LogP contribution in [0.25, 0.3) is 21.7 Å². The largest absolute Gasteiger partial charge is 0.408 e. The van der Waals surface area contributed by atoms with Crippen LogP contribution in [0.2, 0.25) is 0 Å². The van der Waals surface area contributed by atoms with Crippen LogP contribution in [-0.4, -0.2) is 58.7 Å². The summed E-state index contributed by atoms with van der Waals surface area (Å²) in [5.41, 5.74) is -0.578. The molecule has 0 radical (unpaired) electrons. The third-order valence-corrected chi connectivity index (χ3v) is 7.05. The summed E-state index contributed by atoms with van der Waals surface area (Å²) in [6, 6.07) is -2.46. The van der Waals surface area contributed by atoms with Gasteiger partial charge in [0.25, 0.3) is 5.56 Å². The van der Waals surface area contributed by atoms with Crippen molar-refractivity contribution in [2.45, 2.75) is 38.0 Å². The number of rotatable bonds is 5. The fourth-order valence-electron chi connectivity index (χ4n) is 4.19. The number of imidazole rings is 1. The van der Waals surface area contributed by atoms with Gasteiger partial charge in [0.2, 0.25) is 11.9 Å². The molecule has 0 bridgehead atoms. The van der Waals surface area contributed by atoms with Crippen molar-refractivity contribution in [1.29, 1.82) is 0 Å². The Morgan fingerprint density at radius 3 is 2.68 bits per heavy atom. The van der Waals surface area contributed by atoms with E-state index in [0.29, 0.717) is 17.0 Å². The molecule has 37 heavy (non-hydrogen) atoms. The van der Waals surface area contributed by atoms with Gasteiger partial charge >= 0.3 is 11.9 Å². The summed E-state index contributed by atoms with van der Waals surface area (Å²) in [6.45, 7) is 1.79. The first-order valence-corrected chi connectivity index (χ1v) is 12.0. The maximum Gasteiger partial charge on any atom is 0.408 e. The van der Waals surface area contributed by atoms with E-state index in [1.807, 2.05) is 0 Å². The minimum atomic E-state index is -4.36. The lowest BCUT2D eigenvalue weighted by atomic mass is 10.2. The first kappa shape index (κ1) is 24.6. The molecule has 0 unspecified atom stereocenters. The van der Waals surface area contributed by atoms with Gasteiger partial charge in [0.1, 0.15) is 22.9 Å². The van der Waals surface area contributed by atoms with Crippen LogP contribution < -0.4 is 21.5 Å². The van der Waals surface area contributed by atoms with Gasteiger partial charge in [-0.1, -0.05) is 0 Å². The molecule has 1 fully saturated rings. The number of fused-ring (bicyclic) bond motifs is 1. The van der Waals surface area contributed by atoms with E-state index in [-0.39, 0.29) is 35.9 Å². The zero-order valence-electron chi connectivity index (χ0n) is 19.5. The van der Waals surface area contributed by atoms with Gasteiger partial charge < -0.3 is 14.8 Å². The molecule has 5 rings (SSSR count). The van der Waals surface area contributed by atoms with E-state index >= 15 is 0 Å². The van der Waals surface area contributed by atoms with Gasteiger partial charge in [0.15, 0.2) is 11.2 Å². The summed E-state index contributed by atoms with van der Waals surface area (Å²) in [4.78, 5) is 56.9. The number of aromatic nitrogens is 7. The number of nitrogens with one attached hydrogen (secondary N) is 2. The summed E-state index contributed by atoms with van der Waals surface area (Å²) in [7, 11) is 1.45. The van der Waals surface area contributed by atoms with E-state index in [4.69, 9.17) is 0 Å². The van der Waals surface area contributed by atoms with Crippen LogP contribution in [0.15, 0.2) is 33.7 Å². The SMILES string of the molecule is C[C@@H](C(=O)Nc1csc(-c2cnc(N3CCC[C@@H]3C(F)(F)F)nc2)n1)n1cnc2c1c(=O)[nH]c(=O)n2C. The molecular formula is C21H20F3N9O3S. The van der Waals surface area contributed by atoms with E-state index in [9.17, 15) is 27.6 Å². The van der Waals surface area contributed by atoms with E-state index in [1.165, 1.54) is 46.2 Å². The molecule has 1 aliphatic heterocycles. The number of thiazole rings is 1. The summed E-state index contributed by atoms with van der Waals surface area (Å²) >= 11 is 1.19. The topological polar surface area (TPSA) is 144 Å². The van der Waals surface area contributed by atoms with Crippen LogP contribution in [0.4, 0.5) is 24.9 Å². The molecule has 2 atom stereocenters. The van der Waals surface area contributed by atoms with E-state index < -0.39 is 35.4 Å². The molecule has 4 aromatic rings. The molecule has 0 spiro atoms. The predicted molar refractivity (Wildman–Crippen MR) is 128 cm³/mol. The molecule has 0 saturated carbocycles. The normalized spacial score (nSPS) is 16.9. The number of hydrogen-bond acceptors (Lipinski definition) is 9. The number of aromatic amines is 1. The first-order chi connectivity index (χ1) is 17.5. The lowest BCUT2D eigenvalue weighted by Crippen LogP contribution is -2.42. The van der Waals surface area contributed by atoms with Crippen molar-refractivity contribution >= 4 is 40.2 Å². The van der Waals surface area contributed by atoms with Gasteiger partial charge in [-0.2, -0.15) is 13.2 Å². The van der Waals surface area contributed by atoms with Gasteiger partial charge in [-0.05, 0) is 19.8 Å². The Labute approximate surface area is 209 Å². The summed E-state index contributed by atoms with van der Waals surface area (Å²) in [6.07, 6.45) is 0.156. The molecule has 1 aliphatic rings. The maximum atomic E-state index is 13.2. The van der Waals surface area contributed by atoms with Crippen LogP contribution >= 0.6 is 11.3 Å². The Balaban J connectivity index is 1.31. The van der Waals surface area contributed by atoms with Crippen LogP contribution in [0, 0.1) is 0 Å². The lowest BCUT2D eigenvalue weighted by Gasteiger charge is -2.26. The van der Waals surface area contributed by atoms with Crippen LogP contribution in [0.5, 0.6) is 0 Å². The number of aryl methyl sites for hydroxylation is 1. The summed E-state index contributed by atoms with van der Waals surface area (Å²) in [5.74, 6) is -0.242. The Bertz CT molecular complexity index is 1590. The van der Waals surface area contributed by atoms with Crippen molar-refractivity contribution < 1.29 is 18.0 Å². The van der Waals surface area contributed by atoms with Crippen molar-refractivity contribution in [3.8, 4) is 10.6 Å². The maximum absolute atomic E-state index is 13.2. The number of hydrogen-bond donors (Lipinski definition) is 2. The van der Waals surface area contributed by atoms with Gasteiger partial charge in [-0.15, -0.1) is 11.3 Å². The number of H-pyrrole nitrogens is 1. The zero-order valence-corrected chi connectivity index (χ0v) is 20.3. The lowest BCUT2D eigenvalue weighted by molar-refractivity contribution is -0.146. The van der Waals surface area contributed by atoms with E-state index in [2.05, 4.69) is 30.2 Å². The highest BCUT2D eigenvalue weighted by molar-refractivity contribution is 7.13. The number of carbonyl (C=O) groups excluding carboxylic acids is 1. The molecular weight excluding hydrogens is 515 g/mol. The van der Waals surface area contributed by atoms with Crippen molar-refractivity contribution in [1.82, 2.24) is 34.1 Å². The average molecular weight is 536 g/mol. The fraction of sp³-hybridized carbons (Fsp3) is 0.381. The van der Waals surface area contributed by atoms with Crippen molar-refractivity contribution in [3.05, 3.63) is 44.9 Å². The van der Waals surface area contributed by atoms with Crippen molar-refractivity contribution in [2.24, 2.45) is 7.05 Å². The highest BCUT2D eigenvalue weighted by atomic mass is 32.1. The van der Waals surface area contributed by atoms with Crippen LogP contribution in [0.3, 0.4) is 0 Å². The van der Waals surface area contributed by atoms with Crippen molar-refractivity contribution in [2.75, 3.05) is 16.8 Å². The molecule has 12 nitrogen and oxygen atoms in total. The fourth-order valence-corrected chi connectivity index (χ4v) is 4.92. The Morgan fingerprint density at radius 2 is 1.97 bits per heavy atom. The van der Waals surface area contributed by atoms with Gasteiger partial charge in [0, 0.05) is 36.9 Å². The molecule has 1 amide bonds. The number of anilines is 2. The number of carbonyl (C=O) groups is 1. The van der Waals surface area contributed by atoms with E-state index in [1.54, 1.807) is 12.3 Å². The van der Waals surface area contributed by atoms with Gasteiger partial charge in [-0.25, -0.2) is 24.7 Å². The monoisotopic (exact) mass is 535 g/mol. The highest BCUT2D eigenvalue weighted by Crippen LogP contribution is 2.35. The zero-order chi connectivity index (χ0) is 26.5. The molecule has 16 heteroatoms. The Hall–Kier alpha value is -4.08. The second-order valence-corrected chi connectivity index (χ2v) is 9.37. The number of nitrogens with zero attached hydrogens (tertiary/aromatic N) is 7. The first-order valence-electron chi connectivity index (χ1n) is 11.1. The quantitative estimate of drug-likeness (QED) is 0.395. The van der Waals surface area contributed by atoms with Crippen LogP contribution in [-0.2, 0) is 11.8 Å². The minimum Gasteiger partial charge on any atom is -0.329 e. The number of alkyl halides is 3. The smallest absolute Gasteiger partial charge is 0.329 e. The minimum absolute atomic E-state index is 0.00234. The van der Waals surface area contributed by atoms with E-state index in [0.717, 1.165) is 4.90 Å². The second kappa shape index (κ2) is 9.10. The molecule has 2 N–H and O–H groups in total. The number of amides is 1. The average Bonchev–Trinajstić information content (AvgIpc) is 3.61.